The summed E-state index contributed by atoms with van der Waals surface area (Å²) in [6, 6.07) is 20.6. The first-order chi connectivity index (χ1) is 16.4. The predicted molar refractivity (Wildman–Crippen MR) is 133 cm³/mol. The minimum absolute atomic E-state index is 0.0111. The Morgan fingerprint density at radius 2 is 1.50 bits per heavy atom. The van der Waals surface area contributed by atoms with Crippen LogP contribution in [0.25, 0.3) is 0 Å². The number of hydrogen-bond donors (Lipinski definition) is 1. The highest BCUT2D eigenvalue weighted by atomic mass is 16.5. The molecule has 1 heterocycles. The highest BCUT2D eigenvalue weighted by Gasteiger charge is 2.41. The van der Waals surface area contributed by atoms with Crippen LogP contribution in [0, 0.1) is 19.8 Å². The molecule has 6 nitrogen and oxygen atoms in total. The van der Waals surface area contributed by atoms with E-state index >= 15 is 0 Å². The van der Waals surface area contributed by atoms with Gasteiger partial charge >= 0.3 is 0 Å². The van der Waals surface area contributed by atoms with Gasteiger partial charge < -0.3 is 19.7 Å². The zero-order valence-electron chi connectivity index (χ0n) is 20.0. The van der Waals surface area contributed by atoms with E-state index in [1.165, 1.54) is 0 Å². The molecule has 0 unspecified atom stereocenters. The molecule has 2 amide bonds. The van der Waals surface area contributed by atoms with Crippen molar-refractivity contribution in [1.29, 1.82) is 0 Å². The monoisotopic (exact) mass is 458 g/mol. The molecule has 1 aliphatic heterocycles. The van der Waals surface area contributed by atoms with Crippen LogP contribution in [0.15, 0.2) is 66.7 Å². The van der Waals surface area contributed by atoms with Crippen molar-refractivity contribution in [2.45, 2.75) is 32.7 Å². The van der Waals surface area contributed by atoms with Crippen molar-refractivity contribution in [1.82, 2.24) is 0 Å². The van der Waals surface area contributed by atoms with Gasteiger partial charge in [0.15, 0.2) is 11.5 Å². The Morgan fingerprint density at radius 1 is 0.882 bits per heavy atom. The minimum atomic E-state index is -0.491. The lowest BCUT2D eigenvalue weighted by Gasteiger charge is -2.41. The molecule has 34 heavy (non-hydrogen) atoms. The molecule has 0 radical (unpaired) electrons. The lowest BCUT2D eigenvalue weighted by Crippen LogP contribution is -2.47. The van der Waals surface area contributed by atoms with Gasteiger partial charge in [0.1, 0.15) is 0 Å². The number of methoxy groups -OCH3 is 2. The minimum Gasteiger partial charge on any atom is -0.493 e. The number of anilines is 2. The number of nitrogens with one attached hydrogen (secondary N) is 1. The molecule has 0 spiro atoms. The van der Waals surface area contributed by atoms with Crippen molar-refractivity contribution < 1.29 is 19.1 Å². The molecular formula is C28H30N2O4. The zero-order chi connectivity index (χ0) is 24.2. The number of benzene rings is 3. The molecule has 0 aromatic heterocycles. The van der Waals surface area contributed by atoms with Crippen molar-refractivity contribution in [2.24, 2.45) is 5.92 Å². The maximum atomic E-state index is 13.5. The van der Waals surface area contributed by atoms with E-state index < -0.39 is 12.0 Å². The van der Waals surface area contributed by atoms with Gasteiger partial charge in [0, 0.05) is 17.8 Å². The summed E-state index contributed by atoms with van der Waals surface area (Å²) in [5.41, 5.74) is 4.54. The van der Waals surface area contributed by atoms with Crippen molar-refractivity contribution >= 4 is 23.2 Å². The summed E-state index contributed by atoms with van der Waals surface area (Å²) in [5, 5.41) is 3.05. The molecular weight excluding hydrogens is 428 g/mol. The smallest absolute Gasteiger partial charge is 0.229 e. The van der Waals surface area contributed by atoms with Crippen LogP contribution in [0.1, 0.15) is 35.6 Å². The molecule has 4 rings (SSSR count). The lowest BCUT2D eigenvalue weighted by molar-refractivity contribution is -0.125. The Labute approximate surface area is 200 Å². The van der Waals surface area contributed by atoms with E-state index in [1.807, 2.05) is 80.6 Å². The highest BCUT2D eigenvalue weighted by Crippen LogP contribution is 2.42. The van der Waals surface area contributed by atoms with E-state index in [4.69, 9.17) is 9.47 Å². The number of carbonyl (C=O) groups excluding carboxylic acids is 2. The first-order valence-corrected chi connectivity index (χ1v) is 11.4. The van der Waals surface area contributed by atoms with Crippen LogP contribution in [0.3, 0.4) is 0 Å². The number of ether oxygens (including phenoxy) is 2. The fraction of sp³-hybridized carbons (Fsp3) is 0.286. The van der Waals surface area contributed by atoms with Crippen LogP contribution < -0.4 is 19.7 Å². The Hall–Kier alpha value is -3.80. The van der Waals surface area contributed by atoms with Crippen molar-refractivity contribution in [2.75, 3.05) is 24.4 Å². The SMILES string of the molecule is COc1ccc([C@H]2[C@@H](C(=O)Nc3ccc(C)cc3)CCC(=O)N2c2ccc(C)cc2)cc1OC. The van der Waals surface area contributed by atoms with Gasteiger partial charge in [0.25, 0.3) is 0 Å². The van der Waals surface area contributed by atoms with E-state index in [0.29, 0.717) is 24.3 Å². The molecule has 1 fully saturated rings. The molecule has 1 N–H and O–H groups in total. The highest BCUT2D eigenvalue weighted by molar-refractivity contribution is 6.00. The molecule has 3 aromatic carbocycles. The Morgan fingerprint density at radius 3 is 2.12 bits per heavy atom. The lowest BCUT2D eigenvalue weighted by atomic mass is 9.83. The maximum absolute atomic E-state index is 13.5. The number of nitrogens with zero attached hydrogens (tertiary/aromatic N) is 1. The topological polar surface area (TPSA) is 67.9 Å². The van der Waals surface area contributed by atoms with Gasteiger partial charge in [0.05, 0.1) is 26.2 Å². The third-order valence-electron chi connectivity index (χ3n) is 6.31. The number of rotatable bonds is 6. The first-order valence-electron chi connectivity index (χ1n) is 11.4. The van der Waals surface area contributed by atoms with Crippen LogP contribution >= 0.6 is 0 Å². The molecule has 2 atom stereocenters. The summed E-state index contributed by atoms with van der Waals surface area (Å²) in [7, 11) is 3.16. The van der Waals surface area contributed by atoms with E-state index in [9.17, 15) is 9.59 Å². The third kappa shape index (κ3) is 4.76. The number of amides is 2. The summed E-state index contributed by atoms with van der Waals surface area (Å²) in [5.74, 6) is 0.574. The van der Waals surface area contributed by atoms with Crippen LogP contribution in [-0.4, -0.2) is 26.0 Å². The second-order valence-corrected chi connectivity index (χ2v) is 8.66. The normalized spacial score (nSPS) is 17.9. The molecule has 0 aliphatic carbocycles. The van der Waals surface area contributed by atoms with Gasteiger partial charge in [-0.15, -0.1) is 0 Å². The molecule has 1 aliphatic rings. The average molecular weight is 459 g/mol. The summed E-state index contributed by atoms with van der Waals surface area (Å²) in [6.07, 6.45) is 0.752. The van der Waals surface area contributed by atoms with Gasteiger partial charge in [-0.25, -0.2) is 0 Å². The van der Waals surface area contributed by atoms with Crippen molar-refractivity contribution in [3.05, 3.63) is 83.4 Å². The van der Waals surface area contributed by atoms with Crippen LogP contribution in [0.4, 0.5) is 11.4 Å². The Bertz CT molecular complexity index is 1170. The van der Waals surface area contributed by atoms with E-state index in [2.05, 4.69) is 5.32 Å². The Balaban J connectivity index is 1.77. The zero-order valence-corrected chi connectivity index (χ0v) is 20.0. The molecule has 0 bridgehead atoms. The maximum Gasteiger partial charge on any atom is 0.229 e. The fourth-order valence-corrected chi connectivity index (χ4v) is 4.47. The largest absolute Gasteiger partial charge is 0.493 e. The number of hydrogen-bond acceptors (Lipinski definition) is 4. The summed E-state index contributed by atoms with van der Waals surface area (Å²) in [4.78, 5) is 28.5. The number of piperidine rings is 1. The van der Waals surface area contributed by atoms with E-state index in [0.717, 1.165) is 28.1 Å². The molecule has 1 saturated heterocycles. The van der Waals surface area contributed by atoms with Crippen LogP contribution in [0.5, 0.6) is 11.5 Å². The van der Waals surface area contributed by atoms with Crippen LogP contribution in [0.2, 0.25) is 0 Å². The van der Waals surface area contributed by atoms with Gasteiger partial charge in [-0.2, -0.15) is 0 Å². The van der Waals surface area contributed by atoms with Gasteiger partial charge in [0.2, 0.25) is 11.8 Å². The summed E-state index contributed by atoms with van der Waals surface area (Å²) in [6.45, 7) is 4.01. The third-order valence-corrected chi connectivity index (χ3v) is 6.31. The number of aryl methyl sites for hydroxylation is 2. The summed E-state index contributed by atoms with van der Waals surface area (Å²) >= 11 is 0. The fourth-order valence-electron chi connectivity index (χ4n) is 4.47. The van der Waals surface area contributed by atoms with Gasteiger partial charge in [-0.05, 0) is 62.2 Å². The summed E-state index contributed by atoms with van der Waals surface area (Å²) < 4.78 is 10.9. The predicted octanol–water partition coefficient (Wildman–Crippen LogP) is 5.44. The molecule has 176 valence electrons. The van der Waals surface area contributed by atoms with E-state index in [-0.39, 0.29) is 11.8 Å². The molecule has 0 saturated carbocycles. The molecule has 6 heteroatoms. The first kappa shape index (κ1) is 23.4. The standard InChI is InChI=1S/C28H30N2O4/c1-18-5-10-21(11-6-18)29-28(32)23-14-16-26(31)30(22-12-7-19(2)8-13-22)27(23)20-9-15-24(33-3)25(17-20)34-4/h5-13,15,17,23,27H,14,16H2,1-4H3,(H,29,32)/t23-,27-/m0/s1. The van der Waals surface area contributed by atoms with Crippen molar-refractivity contribution in [3.63, 3.8) is 0 Å². The van der Waals surface area contributed by atoms with Gasteiger partial charge in [-0.1, -0.05) is 41.5 Å². The van der Waals surface area contributed by atoms with Crippen LogP contribution in [-0.2, 0) is 9.59 Å². The second-order valence-electron chi connectivity index (χ2n) is 8.66. The van der Waals surface area contributed by atoms with Gasteiger partial charge in [-0.3, -0.25) is 9.59 Å². The molecule has 3 aromatic rings. The average Bonchev–Trinajstić information content (AvgIpc) is 2.85. The van der Waals surface area contributed by atoms with E-state index in [1.54, 1.807) is 19.1 Å². The van der Waals surface area contributed by atoms with Crippen molar-refractivity contribution in [3.8, 4) is 11.5 Å². The number of carbonyl (C=O) groups is 2. The quantitative estimate of drug-likeness (QED) is 0.534. The Kier molecular flexibility index (Phi) is 6.87. The second kappa shape index (κ2) is 10.00.